The van der Waals surface area contributed by atoms with Gasteiger partial charge in [-0.3, -0.25) is 0 Å². The molecule has 112 valence electrons. The van der Waals surface area contributed by atoms with Gasteiger partial charge in [-0.15, -0.1) is 0 Å². The summed E-state index contributed by atoms with van der Waals surface area (Å²) in [6.07, 6.45) is 0.450. The number of nitrogens with zero attached hydrogens (tertiary/aromatic N) is 1. The average molecular weight is 298 g/mol. The Kier molecular flexibility index (Phi) is 3.60. The summed E-state index contributed by atoms with van der Waals surface area (Å²) in [5.41, 5.74) is 7.60. The van der Waals surface area contributed by atoms with Crippen LogP contribution >= 0.6 is 0 Å². The van der Waals surface area contributed by atoms with Crippen LogP contribution in [0.4, 0.5) is 5.69 Å². The third kappa shape index (κ3) is 2.43. The maximum Gasteiger partial charge on any atom is 0.243 e. The number of aliphatic hydroxyl groups is 1. The number of anilines is 1. The van der Waals surface area contributed by atoms with Crippen molar-refractivity contribution in [3.8, 4) is 0 Å². The molecule has 1 fully saturated rings. The van der Waals surface area contributed by atoms with Crippen LogP contribution in [0.5, 0.6) is 0 Å². The van der Waals surface area contributed by atoms with E-state index in [1.165, 1.54) is 4.31 Å². The first kappa shape index (κ1) is 15.3. The van der Waals surface area contributed by atoms with E-state index in [1.807, 2.05) is 6.92 Å². The zero-order chi connectivity index (χ0) is 15.3. The van der Waals surface area contributed by atoms with Gasteiger partial charge in [0.1, 0.15) is 0 Å². The Morgan fingerprint density at radius 1 is 1.30 bits per heavy atom. The molecule has 1 unspecified atom stereocenters. The van der Waals surface area contributed by atoms with E-state index < -0.39 is 15.6 Å². The van der Waals surface area contributed by atoms with Gasteiger partial charge < -0.3 is 10.8 Å². The van der Waals surface area contributed by atoms with Crippen LogP contribution in [0.1, 0.15) is 30.0 Å². The predicted molar refractivity (Wildman–Crippen MR) is 79.1 cm³/mol. The normalized spacial score (nSPS) is 24.2. The van der Waals surface area contributed by atoms with E-state index in [-0.39, 0.29) is 11.4 Å². The van der Waals surface area contributed by atoms with Gasteiger partial charge in [-0.2, -0.15) is 4.31 Å². The van der Waals surface area contributed by atoms with Crippen LogP contribution in [0.3, 0.4) is 0 Å². The molecule has 1 aromatic rings. The smallest absolute Gasteiger partial charge is 0.243 e. The minimum Gasteiger partial charge on any atom is -0.398 e. The third-order valence-electron chi connectivity index (χ3n) is 4.09. The Morgan fingerprint density at radius 2 is 1.90 bits per heavy atom. The number of β-amino-alcohol motifs (C(OH)–C–C–N with tert-alkyl or cyclic N) is 1. The van der Waals surface area contributed by atoms with E-state index in [4.69, 9.17) is 5.73 Å². The summed E-state index contributed by atoms with van der Waals surface area (Å²) in [4.78, 5) is 0.285. The van der Waals surface area contributed by atoms with E-state index >= 15 is 0 Å². The number of aryl methyl sites for hydroxylation is 1. The number of nitrogen functional groups attached to an aromatic ring is 1. The van der Waals surface area contributed by atoms with Gasteiger partial charge in [-0.25, -0.2) is 8.42 Å². The van der Waals surface area contributed by atoms with Crippen LogP contribution in [0.15, 0.2) is 11.0 Å². The second-order valence-electron chi connectivity index (χ2n) is 5.95. The van der Waals surface area contributed by atoms with Gasteiger partial charge in [0.15, 0.2) is 0 Å². The maximum absolute atomic E-state index is 12.8. The number of hydrogen-bond donors (Lipinski definition) is 2. The molecule has 0 saturated carbocycles. The molecule has 0 spiro atoms. The van der Waals surface area contributed by atoms with Crippen molar-refractivity contribution < 1.29 is 13.5 Å². The third-order valence-corrected chi connectivity index (χ3v) is 6.21. The predicted octanol–water partition coefficient (Wildman–Crippen LogP) is 1.34. The lowest BCUT2D eigenvalue weighted by Crippen LogP contribution is -2.34. The first-order valence-electron chi connectivity index (χ1n) is 6.65. The van der Waals surface area contributed by atoms with Crippen molar-refractivity contribution in [3.05, 3.63) is 22.8 Å². The minimum absolute atomic E-state index is 0.127. The molecule has 1 heterocycles. The highest BCUT2D eigenvalue weighted by atomic mass is 32.2. The van der Waals surface area contributed by atoms with Crippen molar-refractivity contribution in [2.45, 2.75) is 44.6 Å². The molecule has 5 nitrogen and oxygen atoms in total. The summed E-state index contributed by atoms with van der Waals surface area (Å²) in [7, 11) is -3.62. The zero-order valence-corrected chi connectivity index (χ0v) is 13.2. The van der Waals surface area contributed by atoms with Crippen LogP contribution in [0.2, 0.25) is 0 Å². The number of hydrogen-bond acceptors (Lipinski definition) is 4. The van der Waals surface area contributed by atoms with Crippen molar-refractivity contribution in [2.24, 2.45) is 0 Å². The summed E-state index contributed by atoms with van der Waals surface area (Å²) >= 11 is 0. The molecule has 1 atom stereocenters. The van der Waals surface area contributed by atoms with Crippen LogP contribution in [0.25, 0.3) is 0 Å². The largest absolute Gasteiger partial charge is 0.398 e. The second-order valence-corrected chi connectivity index (χ2v) is 7.82. The van der Waals surface area contributed by atoms with Crippen molar-refractivity contribution in [1.29, 1.82) is 0 Å². The van der Waals surface area contributed by atoms with E-state index in [1.54, 1.807) is 26.8 Å². The van der Waals surface area contributed by atoms with Gasteiger partial charge in [0.25, 0.3) is 0 Å². The Bertz CT molecular complexity index is 625. The van der Waals surface area contributed by atoms with Gasteiger partial charge in [-0.1, -0.05) is 0 Å². The maximum atomic E-state index is 12.8. The standard InChI is InChI=1S/C14H22N2O3S/c1-9-7-12(15)11(3)13(10(9)2)20(18,19)16-6-5-14(4,17)8-16/h7,17H,5-6,8,15H2,1-4H3. The number of nitrogens with two attached hydrogens (primary N) is 1. The highest BCUT2D eigenvalue weighted by molar-refractivity contribution is 7.89. The first-order chi connectivity index (χ1) is 9.06. The monoisotopic (exact) mass is 298 g/mol. The van der Waals surface area contributed by atoms with Gasteiger partial charge in [-0.05, 0) is 56.9 Å². The molecule has 1 aliphatic heterocycles. The number of sulfonamides is 1. The molecule has 0 aromatic heterocycles. The molecule has 6 heteroatoms. The van der Waals surface area contributed by atoms with Crippen LogP contribution in [0, 0.1) is 20.8 Å². The Hall–Kier alpha value is -1.11. The van der Waals surface area contributed by atoms with Crippen molar-refractivity contribution in [1.82, 2.24) is 4.31 Å². The van der Waals surface area contributed by atoms with E-state index in [0.717, 1.165) is 11.1 Å². The fraction of sp³-hybridized carbons (Fsp3) is 0.571. The number of rotatable bonds is 2. The van der Waals surface area contributed by atoms with E-state index in [9.17, 15) is 13.5 Å². The van der Waals surface area contributed by atoms with Crippen molar-refractivity contribution in [2.75, 3.05) is 18.8 Å². The molecule has 0 amide bonds. The minimum atomic E-state index is -3.62. The molecule has 1 aromatic carbocycles. The lowest BCUT2D eigenvalue weighted by atomic mass is 10.1. The van der Waals surface area contributed by atoms with Gasteiger partial charge in [0.05, 0.1) is 10.5 Å². The summed E-state index contributed by atoms with van der Waals surface area (Å²) in [6, 6.07) is 1.80. The lowest BCUT2D eigenvalue weighted by molar-refractivity contribution is 0.0762. The Balaban J connectivity index is 2.57. The summed E-state index contributed by atoms with van der Waals surface area (Å²) in [6.45, 7) is 7.49. The quantitative estimate of drug-likeness (QED) is 0.807. The van der Waals surface area contributed by atoms with E-state index in [0.29, 0.717) is 24.2 Å². The molecule has 0 bridgehead atoms. The topological polar surface area (TPSA) is 83.6 Å². The number of benzene rings is 1. The molecule has 20 heavy (non-hydrogen) atoms. The molecular formula is C14H22N2O3S. The summed E-state index contributed by atoms with van der Waals surface area (Å²) in [5.74, 6) is 0. The van der Waals surface area contributed by atoms with Crippen LogP contribution in [-0.4, -0.2) is 36.5 Å². The molecule has 0 radical (unpaired) electrons. The highest BCUT2D eigenvalue weighted by Crippen LogP contribution is 2.33. The SMILES string of the molecule is Cc1cc(N)c(C)c(S(=O)(=O)N2CCC(C)(O)C2)c1C. The van der Waals surface area contributed by atoms with Crippen molar-refractivity contribution in [3.63, 3.8) is 0 Å². The molecule has 1 saturated heterocycles. The fourth-order valence-corrected chi connectivity index (χ4v) is 4.76. The van der Waals surface area contributed by atoms with Gasteiger partial charge >= 0.3 is 0 Å². The Labute approximate surface area is 120 Å². The summed E-state index contributed by atoms with van der Waals surface area (Å²) < 4.78 is 27.0. The van der Waals surface area contributed by atoms with Gasteiger partial charge in [0.2, 0.25) is 10.0 Å². The first-order valence-corrected chi connectivity index (χ1v) is 8.09. The molecule has 0 aliphatic carbocycles. The van der Waals surface area contributed by atoms with Crippen LogP contribution in [-0.2, 0) is 10.0 Å². The van der Waals surface area contributed by atoms with Gasteiger partial charge in [0, 0.05) is 18.8 Å². The van der Waals surface area contributed by atoms with Crippen LogP contribution < -0.4 is 5.73 Å². The van der Waals surface area contributed by atoms with E-state index in [2.05, 4.69) is 0 Å². The van der Waals surface area contributed by atoms with Crippen molar-refractivity contribution >= 4 is 15.7 Å². The molecule has 3 N–H and O–H groups in total. The summed E-state index contributed by atoms with van der Waals surface area (Å²) in [5, 5.41) is 9.99. The highest BCUT2D eigenvalue weighted by Gasteiger charge is 2.39. The second kappa shape index (κ2) is 4.72. The zero-order valence-electron chi connectivity index (χ0n) is 12.4. The molecular weight excluding hydrogens is 276 g/mol. The Morgan fingerprint density at radius 3 is 2.40 bits per heavy atom. The fourth-order valence-electron chi connectivity index (χ4n) is 2.67. The average Bonchev–Trinajstić information content (AvgIpc) is 2.68. The molecule has 2 rings (SSSR count). The molecule has 1 aliphatic rings. The lowest BCUT2D eigenvalue weighted by Gasteiger charge is -2.22.